The minimum absolute atomic E-state index is 0.307. The third-order valence-electron chi connectivity index (χ3n) is 4.32. The summed E-state index contributed by atoms with van der Waals surface area (Å²) in [4.78, 5) is 4.04. The normalized spacial score (nSPS) is 10.9. The summed E-state index contributed by atoms with van der Waals surface area (Å²) >= 11 is 6.04. The number of hydrogen-bond donors (Lipinski definition) is 0. The molecule has 0 N–H and O–H groups in total. The maximum atomic E-state index is 6.04. The van der Waals surface area contributed by atoms with Gasteiger partial charge in [-0.25, -0.2) is 4.98 Å². The lowest BCUT2D eigenvalue weighted by molar-refractivity contribution is 0.414. The maximum Gasteiger partial charge on any atom is 0.237 e. The largest absolute Gasteiger partial charge is 0.497 e. The van der Waals surface area contributed by atoms with Gasteiger partial charge in [0.05, 0.1) is 18.8 Å². The summed E-state index contributed by atoms with van der Waals surface area (Å²) in [7, 11) is 1.68. The Labute approximate surface area is 162 Å². The number of para-hydroxylation sites is 1. The molecule has 6 heteroatoms. The van der Waals surface area contributed by atoms with Crippen LogP contribution in [0, 0.1) is 0 Å². The molecule has 2 aromatic carbocycles. The average molecular weight is 380 g/mol. The fraction of sp³-hybridized carbons (Fsp3) is 0.143. The van der Waals surface area contributed by atoms with Gasteiger partial charge >= 0.3 is 0 Å². The highest BCUT2D eigenvalue weighted by atomic mass is 35.5. The summed E-state index contributed by atoms with van der Waals surface area (Å²) in [5.41, 5.74) is 3.14. The molecule has 0 saturated heterocycles. The van der Waals surface area contributed by atoms with Crippen LogP contribution in [0.1, 0.15) is 11.1 Å². The first kappa shape index (κ1) is 17.4. The molecule has 27 heavy (non-hydrogen) atoms. The topological polar surface area (TPSA) is 48.7 Å². The molecule has 0 spiro atoms. The Kier molecular flexibility index (Phi) is 4.94. The van der Waals surface area contributed by atoms with Crippen molar-refractivity contribution in [3.63, 3.8) is 0 Å². The van der Waals surface area contributed by atoms with E-state index in [1.54, 1.807) is 17.8 Å². The van der Waals surface area contributed by atoms with Crippen molar-refractivity contribution in [3.05, 3.63) is 83.3 Å². The molecule has 0 atom stereocenters. The molecule has 4 aromatic rings. The SMILES string of the molecule is COc1cccc(CCc2ccccc2Oc2ccc3cnc(Cl)n3n2)c1. The fourth-order valence-corrected chi connectivity index (χ4v) is 3.10. The molecule has 0 unspecified atom stereocenters. The summed E-state index contributed by atoms with van der Waals surface area (Å²) < 4.78 is 12.9. The summed E-state index contributed by atoms with van der Waals surface area (Å²) in [5, 5.41) is 4.70. The standard InChI is InChI=1S/C21H18ClN3O2/c1-26-18-7-4-5-15(13-18)9-10-16-6-2-3-8-19(16)27-20-12-11-17-14-23-21(22)25(17)24-20/h2-8,11-14H,9-10H2,1H3. The van der Waals surface area contributed by atoms with E-state index in [0.717, 1.165) is 35.4 Å². The maximum absolute atomic E-state index is 6.04. The van der Waals surface area contributed by atoms with Crippen LogP contribution in [0.15, 0.2) is 66.9 Å². The van der Waals surface area contributed by atoms with E-state index in [2.05, 4.69) is 28.3 Å². The highest BCUT2D eigenvalue weighted by Crippen LogP contribution is 2.26. The van der Waals surface area contributed by atoms with E-state index in [4.69, 9.17) is 21.1 Å². The van der Waals surface area contributed by atoms with Crippen LogP contribution in [0.4, 0.5) is 0 Å². The molecule has 0 aliphatic carbocycles. The lowest BCUT2D eigenvalue weighted by Crippen LogP contribution is -1.99. The number of rotatable bonds is 6. The smallest absolute Gasteiger partial charge is 0.237 e. The van der Waals surface area contributed by atoms with E-state index in [1.165, 1.54) is 5.56 Å². The molecule has 0 fully saturated rings. The van der Waals surface area contributed by atoms with E-state index < -0.39 is 0 Å². The zero-order chi connectivity index (χ0) is 18.6. The van der Waals surface area contributed by atoms with Crippen molar-refractivity contribution in [1.29, 1.82) is 0 Å². The molecule has 136 valence electrons. The lowest BCUT2D eigenvalue weighted by atomic mass is 10.0. The van der Waals surface area contributed by atoms with Crippen molar-refractivity contribution < 1.29 is 9.47 Å². The third kappa shape index (κ3) is 3.88. The molecule has 0 bridgehead atoms. The number of ether oxygens (including phenoxy) is 2. The van der Waals surface area contributed by atoms with Gasteiger partial charge in [0.1, 0.15) is 11.5 Å². The Balaban J connectivity index is 1.54. The molecular formula is C21H18ClN3O2. The number of aryl methyl sites for hydroxylation is 2. The molecule has 2 aromatic heterocycles. The Bertz CT molecular complexity index is 1080. The van der Waals surface area contributed by atoms with Crippen LogP contribution in [0.25, 0.3) is 5.52 Å². The minimum atomic E-state index is 0.307. The van der Waals surface area contributed by atoms with Crippen LogP contribution in [-0.2, 0) is 12.8 Å². The molecule has 4 rings (SSSR count). The number of methoxy groups -OCH3 is 1. The second-order valence-electron chi connectivity index (χ2n) is 6.10. The van der Waals surface area contributed by atoms with Crippen LogP contribution < -0.4 is 9.47 Å². The Hall–Kier alpha value is -3.05. The lowest BCUT2D eigenvalue weighted by Gasteiger charge is -2.11. The molecule has 2 heterocycles. The third-order valence-corrected chi connectivity index (χ3v) is 4.58. The molecule has 0 aliphatic rings. The quantitative estimate of drug-likeness (QED) is 0.474. The van der Waals surface area contributed by atoms with Gasteiger partial charge in [-0.3, -0.25) is 0 Å². The van der Waals surface area contributed by atoms with Crippen LogP contribution in [0.3, 0.4) is 0 Å². The summed E-state index contributed by atoms with van der Waals surface area (Å²) in [6.45, 7) is 0. The Morgan fingerprint density at radius 3 is 2.78 bits per heavy atom. The molecular weight excluding hydrogens is 362 g/mol. The zero-order valence-corrected chi connectivity index (χ0v) is 15.6. The highest BCUT2D eigenvalue weighted by Gasteiger charge is 2.09. The van der Waals surface area contributed by atoms with Crippen molar-refractivity contribution in [3.8, 4) is 17.4 Å². The molecule has 0 aliphatic heterocycles. The van der Waals surface area contributed by atoms with Gasteiger partial charge in [0.2, 0.25) is 11.2 Å². The Morgan fingerprint density at radius 2 is 1.89 bits per heavy atom. The van der Waals surface area contributed by atoms with E-state index in [0.29, 0.717) is 11.2 Å². The zero-order valence-electron chi connectivity index (χ0n) is 14.8. The number of aromatic nitrogens is 3. The summed E-state index contributed by atoms with van der Waals surface area (Å²) in [5.74, 6) is 2.12. The highest BCUT2D eigenvalue weighted by molar-refractivity contribution is 6.28. The van der Waals surface area contributed by atoms with Gasteiger partial charge in [-0.05, 0) is 59.8 Å². The van der Waals surface area contributed by atoms with Crippen LogP contribution in [0.5, 0.6) is 17.4 Å². The van der Waals surface area contributed by atoms with Gasteiger partial charge < -0.3 is 9.47 Å². The van der Waals surface area contributed by atoms with Gasteiger partial charge in [-0.15, -0.1) is 5.10 Å². The van der Waals surface area contributed by atoms with E-state index in [-0.39, 0.29) is 0 Å². The van der Waals surface area contributed by atoms with Crippen molar-refractivity contribution in [2.24, 2.45) is 0 Å². The van der Waals surface area contributed by atoms with Crippen LogP contribution in [0.2, 0.25) is 5.28 Å². The predicted molar refractivity (Wildman–Crippen MR) is 105 cm³/mol. The number of halogens is 1. The number of imidazole rings is 1. The van der Waals surface area contributed by atoms with Crippen LogP contribution in [-0.4, -0.2) is 21.7 Å². The van der Waals surface area contributed by atoms with Gasteiger partial charge in [-0.1, -0.05) is 30.3 Å². The van der Waals surface area contributed by atoms with E-state index >= 15 is 0 Å². The Morgan fingerprint density at radius 1 is 1.00 bits per heavy atom. The van der Waals surface area contributed by atoms with Crippen molar-refractivity contribution in [1.82, 2.24) is 14.6 Å². The van der Waals surface area contributed by atoms with Gasteiger partial charge in [0.15, 0.2) is 0 Å². The second kappa shape index (κ2) is 7.68. The first-order chi connectivity index (χ1) is 13.2. The fourth-order valence-electron chi connectivity index (χ4n) is 2.92. The number of fused-ring (bicyclic) bond motifs is 1. The van der Waals surface area contributed by atoms with Gasteiger partial charge in [0, 0.05) is 6.07 Å². The molecule has 0 saturated carbocycles. The van der Waals surface area contributed by atoms with Crippen molar-refractivity contribution >= 4 is 17.1 Å². The minimum Gasteiger partial charge on any atom is -0.497 e. The number of nitrogens with zero attached hydrogens (tertiary/aromatic N) is 3. The van der Waals surface area contributed by atoms with Crippen molar-refractivity contribution in [2.45, 2.75) is 12.8 Å². The average Bonchev–Trinajstić information content (AvgIpc) is 3.08. The number of benzene rings is 2. The monoisotopic (exact) mass is 379 g/mol. The summed E-state index contributed by atoms with van der Waals surface area (Å²) in [6.07, 6.45) is 3.40. The molecule has 0 amide bonds. The molecule has 0 radical (unpaired) electrons. The summed E-state index contributed by atoms with van der Waals surface area (Å²) in [6, 6.07) is 19.8. The van der Waals surface area contributed by atoms with E-state index in [9.17, 15) is 0 Å². The first-order valence-electron chi connectivity index (χ1n) is 8.62. The first-order valence-corrected chi connectivity index (χ1v) is 9.00. The number of hydrogen-bond acceptors (Lipinski definition) is 4. The second-order valence-corrected chi connectivity index (χ2v) is 6.43. The van der Waals surface area contributed by atoms with Gasteiger partial charge in [0.25, 0.3) is 0 Å². The van der Waals surface area contributed by atoms with Gasteiger partial charge in [-0.2, -0.15) is 4.52 Å². The van der Waals surface area contributed by atoms with Crippen LogP contribution >= 0.6 is 11.6 Å². The van der Waals surface area contributed by atoms with Crippen molar-refractivity contribution in [2.75, 3.05) is 7.11 Å². The predicted octanol–water partition coefficient (Wildman–Crippen LogP) is 4.97. The molecule has 5 nitrogen and oxygen atoms in total. The van der Waals surface area contributed by atoms with E-state index in [1.807, 2.05) is 42.5 Å².